The molecule has 0 saturated heterocycles. The first-order chi connectivity index (χ1) is 7.52. The van der Waals surface area contributed by atoms with Crippen molar-refractivity contribution in [1.82, 2.24) is 20.8 Å². The summed E-state index contributed by atoms with van der Waals surface area (Å²) in [6.45, 7) is 2.23. The van der Waals surface area contributed by atoms with Gasteiger partial charge in [0.25, 0.3) is 5.91 Å². The molecule has 1 rings (SSSR count). The van der Waals surface area contributed by atoms with Crippen LogP contribution in [-0.4, -0.2) is 35.2 Å². The third kappa shape index (κ3) is 2.87. The molecule has 8 nitrogen and oxygen atoms in total. The number of carbonyl (C=O) groups excluding carboxylic acids is 2. The number of aryl methyl sites for hydroxylation is 1. The fraction of sp³-hybridized carbons (Fsp3) is 0.375. The summed E-state index contributed by atoms with van der Waals surface area (Å²) in [7, 11) is 0. The molecule has 1 aromatic heterocycles. The monoisotopic (exact) mass is 226 g/mol. The fourth-order valence-corrected chi connectivity index (χ4v) is 1.06. The Hall–Kier alpha value is -2.25. The van der Waals surface area contributed by atoms with Crippen LogP contribution in [0.25, 0.3) is 0 Å². The Balaban J connectivity index is 2.41. The number of amides is 3. The number of nitrogens with zero attached hydrogens (tertiary/aromatic N) is 1. The second kappa shape index (κ2) is 5.01. The van der Waals surface area contributed by atoms with Gasteiger partial charge in [0.1, 0.15) is 0 Å². The summed E-state index contributed by atoms with van der Waals surface area (Å²) >= 11 is 0. The van der Waals surface area contributed by atoms with E-state index in [1.807, 2.05) is 0 Å². The molecule has 0 unspecified atom stereocenters. The first-order valence-corrected chi connectivity index (χ1v) is 4.64. The maximum Gasteiger partial charge on any atom is 0.312 e. The minimum absolute atomic E-state index is 0.150. The molecule has 7 N–H and O–H groups in total. The molecule has 0 aliphatic rings. The molecule has 0 bridgehead atoms. The van der Waals surface area contributed by atoms with Crippen LogP contribution in [0.4, 0.5) is 10.5 Å². The predicted octanol–water partition coefficient (Wildman–Crippen LogP) is -1.30. The lowest BCUT2D eigenvalue weighted by Crippen LogP contribution is -2.37. The van der Waals surface area contributed by atoms with Crippen molar-refractivity contribution in [3.63, 3.8) is 0 Å². The number of hydrogen-bond acceptors (Lipinski definition) is 4. The van der Waals surface area contributed by atoms with Crippen LogP contribution < -0.4 is 22.1 Å². The zero-order chi connectivity index (χ0) is 12.1. The Labute approximate surface area is 91.8 Å². The second-order valence-electron chi connectivity index (χ2n) is 3.16. The van der Waals surface area contributed by atoms with E-state index in [9.17, 15) is 9.59 Å². The van der Waals surface area contributed by atoms with Crippen molar-refractivity contribution in [2.24, 2.45) is 5.73 Å². The molecule has 0 atom stereocenters. The van der Waals surface area contributed by atoms with E-state index in [0.29, 0.717) is 11.4 Å². The summed E-state index contributed by atoms with van der Waals surface area (Å²) in [6, 6.07) is -0.635. The second-order valence-corrected chi connectivity index (χ2v) is 3.16. The number of nitrogen functional groups attached to an aromatic ring is 1. The molecular formula is C8H14N6O2. The topological polar surface area (TPSA) is 139 Å². The van der Waals surface area contributed by atoms with Crippen molar-refractivity contribution in [3.8, 4) is 0 Å². The van der Waals surface area contributed by atoms with Gasteiger partial charge in [-0.2, -0.15) is 5.10 Å². The largest absolute Gasteiger partial charge is 0.395 e. The quantitative estimate of drug-likeness (QED) is 0.407. The molecule has 0 radical (unpaired) electrons. The lowest BCUT2D eigenvalue weighted by Gasteiger charge is -2.03. The highest BCUT2D eigenvalue weighted by Crippen LogP contribution is 2.11. The van der Waals surface area contributed by atoms with E-state index in [0.717, 1.165) is 0 Å². The Bertz CT molecular complexity index is 399. The maximum absolute atomic E-state index is 11.5. The van der Waals surface area contributed by atoms with Gasteiger partial charge in [0.2, 0.25) is 0 Å². The lowest BCUT2D eigenvalue weighted by atomic mass is 10.3. The summed E-state index contributed by atoms with van der Waals surface area (Å²) in [6.07, 6.45) is 0. The first kappa shape index (κ1) is 11.8. The molecule has 3 amide bonds. The zero-order valence-corrected chi connectivity index (χ0v) is 8.83. The van der Waals surface area contributed by atoms with Gasteiger partial charge in [-0.05, 0) is 6.92 Å². The Morgan fingerprint density at radius 3 is 2.50 bits per heavy atom. The van der Waals surface area contributed by atoms with Crippen molar-refractivity contribution in [2.75, 3.05) is 18.8 Å². The number of aromatic nitrogens is 2. The smallest absolute Gasteiger partial charge is 0.312 e. The first-order valence-electron chi connectivity index (χ1n) is 4.64. The number of carbonyl (C=O) groups is 2. The average Bonchev–Trinajstić information content (AvgIpc) is 2.54. The minimum Gasteiger partial charge on any atom is -0.395 e. The lowest BCUT2D eigenvalue weighted by molar-refractivity contribution is 0.0950. The molecule has 1 aromatic rings. The third-order valence-corrected chi connectivity index (χ3v) is 1.92. The van der Waals surface area contributed by atoms with Crippen LogP contribution >= 0.6 is 0 Å². The van der Waals surface area contributed by atoms with Gasteiger partial charge in [-0.25, -0.2) is 4.79 Å². The summed E-state index contributed by atoms with van der Waals surface area (Å²) in [5, 5.41) is 11.2. The highest BCUT2D eigenvalue weighted by atomic mass is 16.2. The molecule has 16 heavy (non-hydrogen) atoms. The van der Waals surface area contributed by atoms with Crippen molar-refractivity contribution in [3.05, 3.63) is 11.4 Å². The number of primary amides is 1. The molecule has 1 heterocycles. The highest BCUT2D eigenvalue weighted by molar-refractivity contribution is 5.97. The Morgan fingerprint density at radius 2 is 2.00 bits per heavy atom. The van der Waals surface area contributed by atoms with E-state index in [-0.39, 0.29) is 18.8 Å². The number of aromatic amines is 1. The number of urea groups is 1. The van der Waals surface area contributed by atoms with Crippen LogP contribution in [-0.2, 0) is 0 Å². The molecular weight excluding hydrogens is 212 g/mol. The van der Waals surface area contributed by atoms with Crippen LogP contribution in [0.1, 0.15) is 16.2 Å². The SMILES string of the molecule is Cc1[nH]nc(C(=O)NCCNC(N)=O)c1N. The molecule has 0 aliphatic heterocycles. The zero-order valence-electron chi connectivity index (χ0n) is 8.83. The number of anilines is 1. The standard InChI is InChI=1S/C8H14N6O2/c1-4-5(9)6(14-13-4)7(15)11-2-3-12-8(10)16/h2-3,9H2,1H3,(H,11,15)(H,13,14)(H3,10,12,16). The van der Waals surface area contributed by atoms with Crippen molar-refractivity contribution >= 4 is 17.6 Å². The van der Waals surface area contributed by atoms with Gasteiger partial charge < -0.3 is 22.1 Å². The molecule has 8 heteroatoms. The number of nitrogens with one attached hydrogen (secondary N) is 3. The normalized spacial score (nSPS) is 9.81. The van der Waals surface area contributed by atoms with Crippen LogP contribution in [0.3, 0.4) is 0 Å². The van der Waals surface area contributed by atoms with E-state index in [1.165, 1.54) is 0 Å². The molecule has 0 saturated carbocycles. The number of hydrogen-bond donors (Lipinski definition) is 5. The molecule has 0 aromatic carbocycles. The van der Waals surface area contributed by atoms with Gasteiger partial charge in [-0.3, -0.25) is 9.89 Å². The average molecular weight is 226 g/mol. The van der Waals surface area contributed by atoms with Gasteiger partial charge in [-0.15, -0.1) is 0 Å². The summed E-state index contributed by atoms with van der Waals surface area (Å²) in [5.74, 6) is -0.395. The highest BCUT2D eigenvalue weighted by Gasteiger charge is 2.14. The van der Waals surface area contributed by atoms with E-state index in [4.69, 9.17) is 11.5 Å². The van der Waals surface area contributed by atoms with Gasteiger partial charge in [0.15, 0.2) is 5.69 Å². The van der Waals surface area contributed by atoms with Crippen molar-refractivity contribution in [1.29, 1.82) is 0 Å². The van der Waals surface area contributed by atoms with E-state index >= 15 is 0 Å². The Morgan fingerprint density at radius 1 is 1.38 bits per heavy atom. The number of rotatable bonds is 4. The van der Waals surface area contributed by atoms with Gasteiger partial charge >= 0.3 is 6.03 Å². The summed E-state index contributed by atoms with van der Waals surface area (Å²) < 4.78 is 0. The molecule has 0 spiro atoms. The van der Waals surface area contributed by atoms with Crippen molar-refractivity contribution < 1.29 is 9.59 Å². The van der Waals surface area contributed by atoms with E-state index in [2.05, 4.69) is 20.8 Å². The number of nitrogens with two attached hydrogens (primary N) is 2. The fourth-order valence-electron chi connectivity index (χ4n) is 1.06. The summed E-state index contributed by atoms with van der Waals surface area (Å²) in [5.41, 5.74) is 11.6. The van der Waals surface area contributed by atoms with Crippen LogP contribution in [0.15, 0.2) is 0 Å². The van der Waals surface area contributed by atoms with Gasteiger partial charge in [0, 0.05) is 13.1 Å². The van der Waals surface area contributed by atoms with Crippen LogP contribution in [0, 0.1) is 6.92 Å². The maximum atomic E-state index is 11.5. The van der Waals surface area contributed by atoms with Gasteiger partial charge in [0.05, 0.1) is 11.4 Å². The molecule has 0 fully saturated rings. The molecule has 88 valence electrons. The van der Waals surface area contributed by atoms with Gasteiger partial charge in [-0.1, -0.05) is 0 Å². The minimum atomic E-state index is -0.635. The van der Waals surface area contributed by atoms with E-state index in [1.54, 1.807) is 6.92 Å². The molecule has 0 aliphatic carbocycles. The summed E-state index contributed by atoms with van der Waals surface area (Å²) in [4.78, 5) is 21.8. The van der Waals surface area contributed by atoms with Crippen molar-refractivity contribution in [2.45, 2.75) is 6.92 Å². The number of H-pyrrole nitrogens is 1. The van der Waals surface area contributed by atoms with Crippen LogP contribution in [0.5, 0.6) is 0 Å². The van der Waals surface area contributed by atoms with Crippen LogP contribution in [0.2, 0.25) is 0 Å². The van der Waals surface area contributed by atoms with E-state index < -0.39 is 11.9 Å². The predicted molar refractivity (Wildman–Crippen MR) is 57.7 cm³/mol. The Kier molecular flexibility index (Phi) is 3.70. The third-order valence-electron chi connectivity index (χ3n) is 1.92.